The van der Waals surface area contributed by atoms with Crippen LogP contribution in [0.5, 0.6) is 0 Å². The first-order valence-electron chi connectivity index (χ1n) is 6.28. The summed E-state index contributed by atoms with van der Waals surface area (Å²) in [5, 5.41) is 1.19. The van der Waals surface area contributed by atoms with E-state index in [4.69, 9.17) is 27.9 Å². The van der Waals surface area contributed by atoms with Crippen molar-refractivity contribution in [2.75, 3.05) is 19.7 Å². The van der Waals surface area contributed by atoms with Gasteiger partial charge in [-0.15, -0.1) is 0 Å². The summed E-state index contributed by atoms with van der Waals surface area (Å²) in [6.07, 6.45) is 4.08. The number of fused-ring (bicyclic) bond motifs is 1. The first-order chi connectivity index (χ1) is 9.11. The second kappa shape index (κ2) is 5.29. The molecule has 0 spiro atoms. The maximum Gasteiger partial charge on any atom is 0.156 e. The van der Waals surface area contributed by atoms with Gasteiger partial charge in [0.25, 0.3) is 0 Å². The van der Waals surface area contributed by atoms with Crippen LogP contribution in [0.2, 0.25) is 10.0 Å². The second-order valence-electron chi connectivity index (χ2n) is 4.89. The monoisotopic (exact) mass is 299 g/mol. The zero-order chi connectivity index (χ0) is 13.4. The molecule has 0 aromatic carbocycles. The number of imidazole rings is 1. The molecule has 1 atom stereocenters. The Hall–Kier alpha value is -0.810. The third-order valence-electron chi connectivity index (χ3n) is 3.23. The lowest BCUT2D eigenvalue weighted by Gasteiger charge is -2.30. The molecule has 0 radical (unpaired) electrons. The summed E-state index contributed by atoms with van der Waals surface area (Å²) in [6, 6.07) is 1.71. The summed E-state index contributed by atoms with van der Waals surface area (Å²) in [5.74, 6) is 0. The predicted molar refractivity (Wildman–Crippen MR) is 75.9 cm³/mol. The highest BCUT2D eigenvalue weighted by Crippen LogP contribution is 2.22. The van der Waals surface area contributed by atoms with E-state index < -0.39 is 0 Å². The summed E-state index contributed by atoms with van der Waals surface area (Å²) in [5.41, 5.74) is 1.75. The maximum atomic E-state index is 6.14. The molecule has 0 unspecified atom stereocenters. The average Bonchev–Trinajstić information content (AvgIpc) is 2.71. The van der Waals surface area contributed by atoms with Crippen molar-refractivity contribution in [3.8, 4) is 0 Å². The number of hydrogen-bond donors (Lipinski definition) is 0. The van der Waals surface area contributed by atoms with Crippen molar-refractivity contribution >= 4 is 28.8 Å². The van der Waals surface area contributed by atoms with E-state index in [1.165, 1.54) is 0 Å². The van der Waals surface area contributed by atoms with Gasteiger partial charge in [-0.2, -0.15) is 0 Å². The molecule has 0 amide bonds. The first-order valence-corrected chi connectivity index (χ1v) is 7.04. The number of nitrogens with zero attached hydrogens (tertiary/aromatic N) is 3. The lowest BCUT2D eigenvalue weighted by molar-refractivity contribution is -0.0215. The van der Waals surface area contributed by atoms with Gasteiger partial charge >= 0.3 is 0 Å². The molecule has 1 aliphatic rings. The van der Waals surface area contributed by atoms with Crippen molar-refractivity contribution in [2.45, 2.75) is 19.6 Å². The Morgan fingerprint density at radius 2 is 2.26 bits per heavy atom. The van der Waals surface area contributed by atoms with Gasteiger partial charge in [0.15, 0.2) is 5.65 Å². The third-order valence-corrected chi connectivity index (χ3v) is 3.72. The van der Waals surface area contributed by atoms with E-state index >= 15 is 0 Å². The van der Waals surface area contributed by atoms with Crippen LogP contribution in [0.4, 0.5) is 0 Å². The lowest BCUT2D eigenvalue weighted by Crippen LogP contribution is -2.40. The van der Waals surface area contributed by atoms with E-state index in [9.17, 15) is 0 Å². The SMILES string of the molecule is C[C@@H]1CN(Cc2cn3cc(Cl)cc(Cl)c3n2)CCO1. The Balaban J connectivity index is 1.83. The van der Waals surface area contributed by atoms with Crippen molar-refractivity contribution in [3.63, 3.8) is 0 Å². The fraction of sp³-hybridized carbons (Fsp3) is 0.462. The Kier molecular flexibility index (Phi) is 3.67. The van der Waals surface area contributed by atoms with Crippen LogP contribution in [0.3, 0.4) is 0 Å². The van der Waals surface area contributed by atoms with Gasteiger partial charge < -0.3 is 9.14 Å². The van der Waals surface area contributed by atoms with Crippen molar-refractivity contribution < 1.29 is 4.74 Å². The molecule has 19 heavy (non-hydrogen) atoms. The minimum atomic E-state index is 0.281. The minimum absolute atomic E-state index is 0.281. The van der Waals surface area contributed by atoms with Crippen LogP contribution in [0.15, 0.2) is 18.5 Å². The topological polar surface area (TPSA) is 29.8 Å². The quantitative estimate of drug-likeness (QED) is 0.854. The Morgan fingerprint density at radius 1 is 1.42 bits per heavy atom. The van der Waals surface area contributed by atoms with Crippen LogP contribution < -0.4 is 0 Å². The van der Waals surface area contributed by atoms with E-state index in [-0.39, 0.29) is 6.10 Å². The third kappa shape index (κ3) is 2.87. The Morgan fingerprint density at radius 3 is 3.05 bits per heavy atom. The summed E-state index contributed by atoms with van der Waals surface area (Å²) < 4.78 is 7.41. The standard InChI is InChI=1S/C13H15Cl2N3O/c1-9-5-17(2-3-19-9)7-11-8-18-6-10(14)4-12(15)13(18)16-11/h4,6,8-9H,2-3,5,7H2,1H3/t9-/m1/s1. The smallest absolute Gasteiger partial charge is 0.156 e. The number of ether oxygens (including phenoxy) is 1. The molecule has 102 valence electrons. The normalized spacial score (nSPS) is 21.1. The van der Waals surface area contributed by atoms with Crippen LogP contribution >= 0.6 is 23.2 Å². The zero-order valence-electron chi connectivity index (χ0n) is 10.6. The second-order valence-corrected chi connectivity index (χ2v) is 5.73. The number of rotatable bonds is 2. The fourth-order valence-corrected chi connectivity index (χ4v) is 2.94. The number of morpholine rings is 1. The van der Waals surface area contributed by atoms with Crippen LogP contribution in [0.1, 0.15) is 12.6 Å². The van der Waals surface area contributed by atoms with E-state index in [0.29, 0.717) is 10.0 Å². The average molecular weight is 300 g/mol. The van der Waals surface area contributed by atoms with Gasteiger partial charge in [0, 0.05) is 32.0 Å². The van der Waals surface area contributed by atoms with Gasteiger partial charge in [-0.25, -0.2) is 4.98 Å². The van der Waals surface area contributed by atoms with Crippen LogP contribution in [0.25, 0.3) is 5.65 Å². The zero-order valence-corrected chi connectivity index (χ0v) is 12.2. The van der Waals surface area contributed by atoms with Gasteiger partial charge in [0.2, 0.25) is 0 Å². The molecule has 0 aliphatic carbocycles. The largest absolute Gasteiger partial charge is 0.376 e. The molecule has 3 heterocycles. The molecule has 4 nitrogen and oxygen atoms in total. The lowest BCUT2D eigenvalue weighted by atomic mass is 10.3. The molecule has 0 N–H and O–H groups in total. The molecule has 2 aromatic rings. The summed E-state index contributed by atoms with van der Waals surface area (Å²) in [7, 11) is 0. The molecule has 6 heteroatoms. The number of pyridine rings is 1. The van der Waals surface area contributed by atoms with Crippen LogP contribution in [-0.4, -0.2) is 40.1 Å². The Labute approximate surface area is 121 Å². The number of aromatic nitrogens is 2. The molecule has 1 aliphatic heterocycles. The van der Waals surface area contributed by atoms with Crippen molar-refractivity contribution in [1.29, 1.82) is 0 Å². The molecule has 0 bridgehead atoms. The first kappa shape index (κ1) is 13.2. The number of hydrogen-bond acceptors (Lipinski definition) is 3. The molecule has 0 saturated carbocycles. The van der Waals surface area contributed by atoms with E-state index in [2.05, 4.69) is 16.8 Å². The fourth-order valence-electron chi connectivity index (χ4n) is 2.41. The summed E-state index contributed by atoms with van der Waals surface area (Å²) in [4.78, 5) is 6.90. The number of halogens is 2. The molecular weight excluding hydrogens is 285 g/mol. The van der Waals surface area contributed by atoms with E-state index in [1.54, 1.807) is 6.07 Å². The van der Waals surface area contributed by atoms with E-state index in [0.717, 1.165) is 37.6 Å². The maximum absolute atomic E-state index is 6.14. The van der Waals surface area contributed by atoms with Gasteiger partial charge in [0.1, 0.15) is 0 Å². The molecule has 3 rings (SSSR count). The van der Waals surface area contributed by atoms with Crippen molar-refractivity contribution in [1.82, 2.24) is 14.3 Å². The van der Waals surface area contributed by atoms with Gasteiger partial charge in [0.05, 0.1) is 28.5 Å². The van der Waals surface area contributed by atoms with Gasteiger partial charge in [-0.1, -0.05) is 23.2 Å². The van der Waals surface area contributed by atoms with Crippen molar-refractivity contribution in [2.24, 2.45) is 0 Å². The summed E-state index contributed by atoms with van der Waals surface area (Å²) >= 11 is 12.1. The van der Waals surface area contributed by atoms with Crippen LogP contribution in [0, 0.1) is 0 Å². The highest BCUT2D eigenvalue weighted by Gasteiger charge is 2.18. The van der Waals surface area contributed by atoms with Gasteiger partial charge in [-0.05, 0) is 13.0 Å². The van der Waals surface area contributed by atoms with Crippen molar-refractivity contribution in [3.05, 3.63) is 34.2 Å². The highest BCUT2D eigenvalue weighted by molar-refractivity contribution is 6.36. The molecule has 2 aromatic heterocycles. The Bertz CT molecular complexity index is 599. The molecular formula is C13H15Cl2N3O. The summed E-state index contributed by atoms with van der Waals surface area (Å²) in [6.45, 7) is 5.55. The minimum Gasteiger partial charge on any atom is -0.376 e. The van der Waals surface area contributed by atoms with E-state index in [1.807, 2.05) is 16.8 Å². The van der Waals surface area contributed by atoms with Gasteiger partial charge in [-0.3, -0.25) is 4.90 Å². The highest BCUT2D eigenvalue weighted by atomic mass is 35.5. The molecule has 1 fully saturated rings. The predicted octanol–water partition coefficient (Wildman–Crippen LogP) is 2.86. The van der Waals surface area contributed by atoms with Crippen LogP contribution in [-0.2, 0) is 11.3 Å². The molecule has 1 saturated heterocycles.